The Bertz CT molecular complexity index is 405. The van der Waals surface area contributed by atoms with Crippen LogP contribution in [0.15, 0.2) is 0 Å². The Kier molecular flexibility index (Phi) is 2.34. The van der Waals surface area contributed by atoms with Gasteiger partial charge in [-0.05, 0) is 18.8 Å². The van der Waals surface area contributed by atoms with Crippen LogP contribution in [-0.2, 0) is 5.41 Å². The molecule has 4 heteroatoms. The van der Waals surface area contributed by atoms with Gasteiger partial charge in [-0.2, -0.15) is 0 Å². The highest BCUT2D eigenvalue weighted by Gasteiger charge is 2.43. The summed E-state index contributed by atoms with van der Waals surface area (Å²) in [4.78, 5) is 16.0. The first-order chi connectivity index (χ1) is 6.94. The molecule has 3 nitrogen and oxygen atoms in total. The molecule has 1 aliphatic carbocycles. The lowest BCUT2D eigenvalue weighted by molar-refractivity contribution is 0.0700. The summed E-state index contributed by atoms with van der Waals surface area (Å²) in [6.45, 7) is 6.13. The molecule has 15 heavy (non-hydrogen) atoms. The number of carbonyl (C=O) groups is 1. The van der Waals surface area contributed by atoms with Gasteiger partial charge in [0.2, 0.25) is 0 Å². The van der Waals surface area contributed by atoms with E-state index in [1.54, 1.807) is 0 Å². The van der Waals surface area contributed by atoms with Crippen molar-refractivity contribution in [1.82, 2.24) is 4.98 Å². The van der Waals surface area contributed by atoms with Crippen LogP contribution in [0.5, 0.6) is 0 Å². The standard InChI is InChI=1S/C11H15NO2S/c1-6(2)7-8(9(13)14)15-10(12-7)11(3)4-5-11/h6H,4-5H2,1-3H3,(H,13,14). The smallest absolute Gasteiger partial charge is 0.347 e. The number of carboxylic acids is 1. The Morgan fingerprint density at radius 3 is 2.47 bits per heavy atom. The Morgan fingerprint density at radius 2 is 2.13 bits per heavy atom. The van der Waals surface area contributed by atoms with Crippen molar-refractivity contribution in [1.29, 1.82) is 0 Å². The van der Waals surface area contributed by atoms with Gasteiger partial charge in [-0.25, -0.2) is 9.78 Å². The van der Waals surface area contributed by atoms with Gasteiger partial charge in [0.15, 0.2) is 0 Å². The summed E-state index contributed by atoms with van der Waals surface area (Å²) in [6, 6.07) is 0. The third kappa shape index (κ3) is 1.78. The molecule has 1 aliphatic rings. The lowest BCUT2D eigenvalue weighted by Crippen LogP contribution is -2.01. The molecule has 1 saturated carbocycles. The van der Waals surface area contributed by atoms with E-state index >= 15 is 0 Å². The number of aromatic carboxylic acids is 1. The minimum Gasteiger partial charge on any atom is -0.477 e. The van der Waals surface area contributed by atoms with Crippen molar-refractivity contribution in [2.24, 2.45) is 0 Å². The summed E-state index contributed by atoms with van der Waals surface area (Å²) >= 11 is 1.35. The fourth-order valence-electron chi connectivity index (χ4n) is 1.54. The molecule has 0 spiro atoms. The normalized spacial score (nSPS) is 18.1. The van der Waals surface area contributed by atoms with Gasteiger partial charge in [0.1, 0.15) is 4.88 Å². The maximum absolute atomic E-state index is 11.1. The second kappa shape index (κ2) is 3.30. The quantitative estimate of drug-likeness (QED) is 0.860. The SMILES string of the molecule is CC(C)c1nc(C2(C)CC2)sc1C(=O)O. The average molecular weight is 225 g/mol. The second-order valence-electron chi connectivity index (χ2n) is 4.75. The molecular formula is C11H15NO2S. The van der Waals surface area contributed by atoms with Crippen molar-refractivity contribution < 1.29 is 9.90 Å². The molecule has 0 amide bonds. The number of hydrogen-bond donors (Lipinski definition) is 1. The average Bonchev–Trinajstić information content (AvgIpc) is 2.74. The number of nitrogens with zero attached hydrogens (tertiary/aromatic N) is 1. The minimum atomic E-state index is -0.841. The van der Waals surface area contributed by atoms with Gasteiger partial charge in [-0.15, -0.1) is 11.3 Å². The van der Waals surface area contributed by atoms with Crippen LogP contribution in [0.4, 0.5) is 0 Å². The van der Waals surface area contributed by atoms with E-state index in [0.717, 1.165) is 23.5 Å². The fraction of sp³-hybridized carbons (Fsp3) is 0.636. The van der Waals surface area contributed by atoms with Gasteiger partial charge in [-0.1, -0.05) is 20.8 Å². The number of hydrogen-bond acceptors (Lipinski definition) is 3. The molecule has 0 atom stereocenters. The summed E-state index contributed by atoms with van der Waals surface area (Å²) in [5.74, 6) is -0.657. The van der Waals surface area contributed by atoms with Crippen molar-refractivity contribution in [2.45, 2.75) is 44.9 Å². The van der Waals surface area contributed by atoms with Crippen molar-refractivity contribution in [2.75, 3.05) is 0 Å². The van der Waals surface area contributed by atoms with E-state index in [1.165, 1.54) is 11.3 Å². The maximum Gasteiger partial charge on any atom is 0.347 e. The van der Waals surface area contributed by atoms with E-state index in [-0.39, 0.29) is 11.3 Å². The topological polar surface area (TPSA) is 50.2 Å². The molecule has 0 aliphatic heterocycles. The minimum absolute atomic E-state index is 0.169. The summed E-state index contributed by atoms with van der Waals surface area (Å²) in [6.07, 6.45) is 2.27. The highest BCUT2D eigenvalue weighted by Crippen LogP contribution is 2.49. The molecular weight excluding hydrogens is 210 g/mol. The van der Waals surface area contributed by atoms with Crippen LogP contribution in [0.25, 0.3) is 0 Å². The van der Waals surface area contributed by atoms with Crippen molar-refractivity contribution >= 4 is 17.3 Å². The van der Waals surface area contributed by atoms with Crippen molar-refractivity contribution in [3.05, 3.63) is 15.6 Å². The molecule has 1 aromatic rings. The highest BCUT2D eigenvalue weighted by molar-refractivity contribution is 7.13. The third-order valence-electron chi connectivity index (χ3n) is 2.91. The Labute approximate surface area is 93.2 Å². The number of carboxylic acid groups (broad SMARTS) is 1. The monoisotopic (exact) mass is 225 g/mol. The van der Waals surface area contributed by atoms with Crippen molar-refractivity contribution in [3.63, 3.8) is 0 Å². The summed E-state index contributed by atoms with van der Waals surface area (Å²) in [5.41, 5.74) is 0.915. The molecule has 0 aromatic carbocycles. The Balaban J connectivity index is 2.44. The van der Waals surface area contributed by atoms with Crippen LogP contribution >= 0.6 is 11.3 Å². The summed E-state index contributed by atoms with van der Waals surface area (Å²) < 4.78 is 0. The molecule has 1 heterocycles. The van der Waals surface area contributed by atoms with Gasteiger partial charge in [-0.3, -0.25) is 0 Å². The molecule has 1 N–H and O–H groups in total. The molecule has 0 saturated heterocycles. The van der Waals surface area contributed by atoms with Gasteiger partial charge in [0, 0.05) is 5.41 Å². The maximum atomic E-state index is 11.1. The van der Waals surface area contributed by atoms with Crippen LogP contribution in [0.1, 0.15) is 59.9 Å². The third-order valence-corrected chi connectivity index (χ3v) is 4.28. The summed E-state index contributed by atoms with van der Waals surface area (Å²) in [7, 11) is 0. The Hall–Kier alpha value is -0.900. The van der Waals surface area contributed by atoms with Crippen LogP contribution in [0, 0.1) is 0 Å². The first kappa shape index (κ1) is 10.6. The lowest BCUT2D eigenvalue weighted by Gasteiger charge is -2.02. The molecule has 0 radical (unpaired) electrons. The van der Waals surface area contributed by atoms with Gasteiger partial charge < -0.3 is 5.11 Å². The molecule has 1 aromatic heterocycles. The number of aromatic nitrogens is 1. The molecule has 1 fully saturated rings. The summed E-state index contributed by atoms with van der Waals surface area (Å²) in [5, 5.41) is 10.1. The van der Waals surface area contributed by atoms with Gasteiger partial charge in [0.25, 0.3) is 0 Å². The van der Waals surface area contributed by atoms with Crippen LogP contribution < -0.4 is 0 Å². The van der Waals surface area contributed by atoms with E-state index in [1.807, 2.05) is 13.8 Å². The second-order valence-corrected chi connectivity index (χ2v) is 5.75. The van der Waals surface area contributed by atoms with E-state index in [2.05, 4.69) is 11.9 Å². The Morgan fingerprint density at radius 1 is 1.53 bits per heavy atom. The number of thiazole rings is 1. The zero-order chi connectivity index (χ0) is 11.2. The van der Waals surface area contributed by atoms with E-state index < -0.39 is 5.97 Å². The highest BCUT2D eigenvalue weighted by atomic mass is 32.1. The first-order valence-electron chi connectivity index (χ1n) is 5.18. The first-order valence-corrected chi connectivity index (χ1v) is 6.00. The predicted molar refractivity (Wildman–Crippen MR) is 59.7 cm³/mol. The molecule has 0 bridgehead atoms. The molecule has 0 unspecified atom stereocenters. The van der Waals surface area contributed by atoms with Gasteiger partial charge >= 0.3 is 5.97 Å². The van der Waals surface area contributed by atoms with Gasteiger partial charge in [0.05, 0.1) is 10.7 Å². The van der Waals surface area contributed by atoms with Crippen LogP contribution in [0.3, 0.4) is 0 Å². The van der Waals surface area contributed by atoms with Crippen molar-refractivity contribution in [3.8, 4) is 0 Å². The largest absolute Gasteiger partial charge is 0.477 e. The number of rotatable bonds is 3. The van der Waals surface area contributed by atoms with E-state index in [0.29, 0.717) is 4.88 Å². The lowest BCUT2D eigenvalue weighted by atomic mass is 10.1. The zero-order valence-corrected chi connectivity index (χ0v) is 10.0. The van der Waals surface area contributed by atoms with E-state index in [9.17, 15) is 4.79 Å². The zero-order valence-electron chi connectivity index (χ0n) is 9.20. The fourth-order valence-corrected chi connectivity index (χ4v) is 2.80. The molecule has 82 valence electrons. The van der Waals surface area contributed by atoms with Crippen LogP contribution in [0.2, 0.25) is 0 Å². The van der Waals surface area contributed by atoms with Crippen LogP contribution in [-0.4, -0.2) is 16.1 Å². The molecule has 2 rings (SSSR count). The predicted octanol–water partition coefficient (Wildman–Crippen LogP) is 3.02. The van der Waals surface area contributed by atoms with E-state index in [4.69, 9.17) is 5.11 Å².